The molecule has 0 fully saturated rings. The molecule has 0 bridgehead atoms. The van der Waals surface area contributed by atoms with Gasteiger partial charge in [0.05, 0.1) is 11.6 Å². The Morgan fingerprint density at radius 3 is 2.39 bits per heavy atom. The van der Waals surface area contributed by atoms with Crippen LogP contribution in [0.1, 0.15) is 16.8 Å². The number of benzene rings is 1. The summed E-state index contributed by atoms with van der Waals surface area (Å²) in [6, 6.07) is 14.0. The van der Waals surface area contributed by atoms with E-state index in [-0.39, 0.29) is 0 Å². The smallest absolute Gasteiger partial charge is 0.134 e. The third-order valence-corrected chi connectivity index (χ3v) is 2.83. The molecule has 1 heterocycles. The van der Waals surface area contributed by atoms with Crippen molar-refractivity contribution in [2.24, 2.45) is 0 Å². The maximum Gasteiger partial charge on any atom is 0.134 e. The summed E-state index contributed by atoms with van der Waals surface area (Å²) in [4.78, 5) is 6.43. The third-order valence-electron chi connectivity index (χ3n) is 2.83. The van der Waals surface area contributed by atoms with Gasteiger partial charge in [-0.3, -0.25) is 0 Å². The summed E-state index contributed by atoms with van der Waals surface area (Å²) in [5.74, 6) is 0.787. The quantitative estimate of drug-likeness (QED) is 0.804. The first-order chi connectivity index (χ1) is 8.60. The fraction of sp³-hybridized carbons (Fsp3) is 0.200. The summed E-state index contributed by atoms with van der Waals surface area (Å²) in [6.07, 6.45) is 0. The van der Waals surface area contributed by atoms with Crippen molar-refractivity contribution in [3.8, 4) is 6.07 Å². The van der Waals surface area contributed by atoms with E-state index in [2.05, 4.69) is 30.1 Å². The lowest BCUT2D eigenvalue weighted by Crippen LogP contribution is -2.11. The van der Waals surface area contributed by atoms with E-state index in [0.717, 1.165) is 17.2 Å². The highest BCUT2D eigenvalue weighted by Crippen LogP contribution is 2.23. The Kier molecular flexibility index (Phi) is 3.29. The van der Waals surface area contributed by atoms with Gasteiger partial charge < -0.3 is 4.90 Å². The molecule has 0 unspecified atom stereocenters. The van der Waals surface area contributed by atoms with Gasteiger partial charge in [-0.25, -0.2) is 4.98 Å². The molecule has 0 aliphatic rings. The van der Waals surface area contributed by atoms with Crippen LogP contribution >= 0.6 is 0 Å². The fourth-order valence-corrected chi connectivity index (χ4v) is 1.79. The number of pyridine rings is 1. The average molecular weight is 237 g/mol. The Morgan fingerprint density at radius 2 is 1.78 bits per heavy atom. The Labute approximate surface area is 107 Å². The van der Waals surface area contributed by atoms with Gasteiger partial charge >= 0.3 is 0 Å². The lowest BCUT2D eigenvalue weighted by Gasteiger charge is -2.19. The van der Waals surface area contributed by atoms with E-state index in [9.17, 15) is 0 Å². The van der Waals surface area contributed by atoms with Gasteiger partial charge in [-0.05, 0) is 38.1 Å². The van der Waals surface area contributed by atoms with Crippen LogP contribution in [0, 0.1) is 25.2 Å². The van der Waals surface area contributed by atoms with Crippen LogP contribution in [-0.4, -0.2) is 12.0 Å². The SMILES string of the molecule is Cc1ccc(N(C)c2cc(C#N)cc(C)n2)cc1. The highest BCUT2D eigenvalue weighted by atomic mass is 15.2. The monoisotopic (exact) mass is 237 g/mol. The van der Waals surface area contributed by atoms with Gasteiger partial charge in [-0.2, -0.15) is 5.26 Å². The van der Waals surface area contributed by atoms with E-state index in [1.165, 1.54) is 5.56 Å². The van der Waals surface area contributed by atoms with Crippen LogP contribution in [-0.2, 0) is 0 Å². The highest BCUT2D eigenvalue weighted by Gasteiger charge is 2.07. The first-order valence-corrected chi connectivity index (χ1v) is 5.79. The zero-order chi connectivity index (χ0) is 13.1. The van der Waals surface area contributed by atoms with Gasteiger partial charge in [-0.15, -0.1) is 0 Å². The van der Waals surface area contributed by atoms with Crippen LogP contribution in [0.25, 0.3) is 0 Å². The molecule has 0 aliphatic heterocycles. The first kappa shape index (κ1) is 12.1. The minimum atomic E-state index is 0.636. The van der Waals surface area contributed by atoms with Crippen molar-refractivity contribution in [3.05, 3.63) is 53.2 Å². The lowest BCUT2D eigenvalue weighted by atomic mass is 10.2. The molecule has 2 rings (SSSR count). The minimum absolute atomic E-state index is 0.636. The van der Waals surface area contributed by atoms with Crippen molar-refractivity contribution in [2.45, 2.75) is 13.8 Å². The van der Waals surface area contributed by atoms with E-state index in [4.69, 9.17) is 5.26 Å². The van der Waals surface area contributed by atoms with Crippen LogP contribution in [0.3, 0.4) is 0 Å². The van der Waals surface area contributed by atoms with Crippen LogP contribution in [0.15, 0.2) is 36.4 Å². The summed E-state index contributed by atoms with van der Waals surface area (Å²) < 4.78 is 0. The van der Waals surface area contributed by atoms with Gasteiger partial charge in [0.2, 0.25) is 0 Å². The van der Waals surface area contributed by atoms with Gasteiger partial charge in [0, 0.05) is 18.4 Å². The zero-order valence-electron chi connectivity index (χ0n) is 10.8. The highest BCUT2D eigenvalue weighted by molar-refractivity contribution is 5.61. The van der Waals surface area contributed by atoms with Crippen molar-refractivity contribution < 1.29 is 0 Å². The summed E-state index contributed by atoms with van der Waals surface area (Å²) in [6.45, 7) is 3.95. The molecule has 0 N–H and O–H groups in total. The van der Waals surface area contributed by atoms with Crippen molar-refractivity contribution in [1.82, 2.24) is 4.98 Å². The second-order valence-corrected chi connectivity index (χ2v) is 4.36. The molecule has 90 valence electrons. The number of nitrogens with zero attached hydrogens (tertiary/aromatic N) is 3. The maximum atomic E-state index is 8.98. The van der Waals surface area contributed by atoms with Crippen LogP contribution in [0.5, 0.6) is 0 Å². The standard InChI is InChI=1S/C15H15N3/c1-11-4-6-14(7-5-11)18(3)15-9-13(10-16)8-12(2)17-15/h4-9H,1-3H3. The van der Waals surface area contributed by atoms with Crippen molar-refractivity contribution in [1.29, 1.82) is 5.26 Å². The van der Waals surface area contributed by atoms with Crippen molar-refractivity contribution in [3.63, 3.8) is 0 Å². The predicted molar refractivity (Wildman–Crippen MR) is 72.9 cm³/mol. The first-order valence-electron chi connectivity index (χ1n) is 5.79. The molecule has 1 aromatic heterocycles. The molecule has 0 radical (unpaired) electrons. The van der Waals surface area contributed by atoms with Crippen LogP contribution in [0.2, 0.25) is 0 Å². The van der Waals surface area contributed by atoms with Gasteiger partial charge in [0.25, 0.3) is 0 Å². The molecule has 3 nitrogen and oxygen atoms in total. The molecule has 3 heteroatoms. The summed E-state index contributed by atoms with van der Waals surface area (Å²) >= 11 is 0. The number of aromatic nitrogens is 1. The number of rotatable bonds is 2. The number of anilines is 2. The Morgan fingerprint density at radius 1 is 1.11 bits per heavy atom. The summed E-state index contributed by atoms with van der Waals surface area (Å²) in [5.41, 5.74) is 3.77. The van der Waals surface area contributed by atoms with Gasteiger partial charge in [0.1, 0.15) is 5.82 Å². The normalized spacial score (nSPS) is 9.89. The number of hydrogen-bond donors (Lipinski definition) is 0. The largest absolute Gasteiger partial charge is 0.329 e. The fourth-order valence-electron chi connectivity index (χ4n) is 1.79. The molecular formula is C15H15N3. The molecule has 18 heavy (non-hydrogen) atoms. The van der Waals surface area contributed by atoms with E-state index < -0.39 is 0 Å². The summed E-state index contributed by atoms with van der Waals surface area (Å²) in [5, 5.41) is 8.98. The Balaban J connectivity index is 2.39. The number of nitriles is 1. The molecule has 0 atom stereocenters. The molecular weight excluding hydrogens is 222 g/mol. The van der Waals surface area contributed by atoms with E-state index in [1.54, 1.807) is 12.1 Å². The van der Waals surface area contributed by atoms with E-state index >= 15 is 0 Å². The van der Waals surface area contributed by atoms with E-state index in [1.807, 2.05) is 31.0 Å². The summed E-state index contributed by atoms with van der Waals surface area (Å²) in [7, 11) is 1.95. The molecule has 1 aromatic carbocycles. The lowest BCUT2D eigenvalue weighted by molar-refractivity contribution is 1.09. The number of hydrogen-bond acceptors (Lipinski definition) is 3. The number of aryl methyl sites for hydroxylation is 2. The van der Waals surface area contributed by atoms with Gasteiger partial charge in [-0.1, -0.05) is 17.7 Å². The van der Waals surface area contributed by atoms with Crippen LogP contribution in [0.4, 0.5) is 11.5 Å². The Bertz CT molecular complexity index is 594. The van der Waals surface area contributed by atoms with Crippen LogP contribution < -0.4 is 4.90 Å². The second-order valence-electron chi connectivity index (χ2n) is 4.36. The molecule has 0 saturated carbocycles. The van der Waals surface area contributed by atoms with E-state index in [0.29, 0.717) is 5.56 Å². The maximum absolute atomic E-state index is 8.98. The van der Waals surface area contributed by atoms with Crippen molar-refractivity contribution >= 4 is 11.5 Å². The van der Waals surface area contributed by atoms with Crippen molar-refractivity contribution in [2.75, 3.05) is 11.9 Å². The Hall–Kier alpha value is -2.34. The molecule has 0 amide bonds. The zero-order valence-corrected chi connectivity index (χ0v) is 10.8. The molecule has 0 saturated heterocycles. The minimum Gasteiger partial charge on any atom is -0.329 e. The molecule has 0 aliphatic carbocycles. The second kappa shape index (κ2) is 4.89. The predicted octanol–water partition coefficient (Wildman–Crippen LogP) is 3.34. The van der Waals surface area contributed by atoms with Gasteiger partial charge in [0.15, 0.2) is 0 Å². The third kappa shape index (κ3) is 2.49. The molecule has 0 spiro atoms. The average Bonchev–Trinajstić information content (AvgIpc) is 2.38. The topological polar surface area (TPSA) is 39.9 Å². The molecule has 2 aromatic rings.